The number of rotatable bonds is 12. The predicted octanol–water partition coefficient (Wildman–Crippen LogP) is 4.59. The van der Waals surface area contributed by atoms with Crippen LogP contribution in [0.25, 0.3) is 10.4 Å². The summed E-state index contributed by atoms with van der Waals surface area (Å²) in [7, 11) is -8.49. The molecule has 0 saturated carbocycles. The molecule has 0 fully saturated rings. The van der Waals surface area contributed by atoms with Crippen LogP contribution in [0.2, 0.25) is 5.02 Å². The van der Waals surface area contributed by atoms with Crippen LogP contribution in [0.4, 0.5) is 11.4 Å². The molecule has 2 atom stereocenters. The molecule has 2 N–H and O–H groups in total. The fourth-order valence-corrected chi connectivity index (χ4v) is 7.01. The first-order valence-electron chi connectivity index (χ1n) is 13.7. The van der Waals surface area contributed by atoms with Crippen molar-refractivity contribution in [3.05, 3.63) is 82.5 Å². The average molecular weight is 667 g/mol. The van der Waals surface area contributed by atoms with Crippen LogP contribution in [0.3, 0.4) is 0 Å². The number of halogens is 1. The third-order valence-corrected chi connectivity index (χ3v) is 9.88. The smallest absolute Gasteiger partial charge is 0.264 e. The average Bonchev–Trinajstić information content (AvgIpc) is 3.65. The highest BCUT2D eigenvalue weighted by Gasteiger charge is 2.36. The molecule has 0 bridgehead atoms. The van der Waals surface area contributed by atoms with Crippen LogP contribution in [0.5, 0.6) is 11.5 Å². The Labute approximate surface area is 260 Å². The lowest BCUT2D eigenvalue weighted by molar-refractivity contribution is -0.862. The lowest BCUT2D eigenvalue weighted by Gasteiger charge is -2.20. The quantitative estimate of drug-likeness (QED) is 0.266. The molecule has 2 aromatic carbocycles. The Morgan fingerprint density at radius 3 is 2.60 bits per heavy atom. The maximum Gasteiger partial charge on any atom is 0.264 e. The zero-order valence-corrected chi connectivity index (χ0v) is 26.4. The number of hydrogen-bond donors (Lipinski definition) is 2. The van der Waals surface area contributed by atoms with Crippen LogP contribution in [0.1, 0.15) is 26.2 Å². The van der Waals surface area contributed by atoms with E-state index in [9.17, 15) is 25.9 Å². The minimum absolute atomic E-state index is 0.158. The van der Waals surface area contributed by atoms with E-state index in [1.54, 1.807) is 29.5 Å². The van der Waals surface area contributed by atoms with E-state index in [0.29, 0.717) is 41.1 Å². The van der Waals surface area contributed by atoms with Crippen molar-refractivity contribution in [3.63, 3.8) is 0 Å². The number of allylic oxidation sites excluding steroid dienone is 2. The third-order valence-electron chi connectivity index (χ3n) is 7.13. The van der Waals surface area contributed by atoms with E-state index < -0.39 is 38.0 Å². The monoisotopic (exact) mass is 666 g/mol. The molecule has 0 amide bonds. The lowest BCUT2D eigenvalue weighted by Crippen LogP contribution is -3.10. The predicted molar refractivity (Wildman–Crippen MR) is 166 cm³/mol. The van der Waals surface area contributed by atoms with Crippen LogP contribution >= 0.6 is 22.9 Å². The van der Waals surface area contributed by atoms with Crippen molar-refractivity contribution in [1.29, 1.82) is 0 Å². The van der Waals surface area contributed by atoms with Gasteiger partial charge in [0, 0.05) is 46.8 Å². The molecule has 0 radical (unpaired) electrons. The van der Waals surface area contributed by atoms with Gasteiger partial charge >= 0.3 is 0 Å². The second-order valence-corrected chi connectivity index (χ2v) is 14.7. The molecule has 2 aliphatic rings. The molecule has 0 aliphatic carbocycles. The number of anilines is 1. The maximum absolute atomic E-state index is 11.3. The van der Waals surface area contributed by atoms with E-state index in [4.69, 9.17) is 21.1 Å². The van der Waals surface area contributed by atoms with Crippen molar-refractivity contribution in [2.75, 3.05) is 29.5 Å². The van der Waals surface area contributed by atoms with Gasteiger partial charge in [-0.1, -0.05) is 24.6 Å². The minimum atomic E-state index is -4.36. The molecule has 230 valence electrons. The Kier molecular flexibility index (Phi) is 9.52. The highest BCUT2D eigenvalue weighted by molar-refractivity contribution is 7.85. The highest BCUT2D eigenvalue weighted by Crippen LogP contribution is 2.41. The molecule has 2 unspecified atom stereocenters. The minimum Gasteiger partial charge on any atom is -0.748 e. The van der Waals surface area contributed by atoms with Crippen molar-refractivity contribution >= 4 is 54.5 Å². The summed E-state index contributed by atoms with van der Waals surface area (Å²) in [5.74, 6) is 0.841. The van der Waals surface area contributed by atoms with Gasteiger partial charge in [0.2, 0.25) is 5.88 Å². The van der Waals surface area contributed by atoms with Crippen LogP contribution < -0.4 is 19.3 Å². The SMILES string of the molecule is CCC(/C=C1\Oc2ccc(Cl)cc2N1CCCS(=O)(=O)O)=C\C1Oc2ccc(-c3cccs3)cc2[NH+]1CCCS(=O)(=O)[O-]. The Morgan fingerprint density at radius 2 is 1.91 bits per heavy atom. The van der Waals surface area contributed by atoms with Gasteiger partial charge in [0.25, 0.3) is 16.3 Å². The van der Waals surface area contributed by atoms with Crippen molar-refractivity contribution < 1.29 is 40.3 Å². The molecule has 43 heavy (non-hydrogen) atoms. The van der Waals surface area contributed by atoms with Gasteiger partial charge in [-0.05, 0) is 65.8 Å². The molecule has 0 spiro atoms. The highest BCUT2D eigenvalue weighted by atomic mass is 35.5. The number of hydrogen-bond acceptors (Lipinski definition) is 9. The van der Waals surface area contributed by atoms with Gasteiger partial charge in [-0.2, -0.15) is 8.42 Å². The van der Waals surface area contributed by atoms with Crippen molar-refractivity contribution in [1.82, 2.24) is 0 Å². The summed E-state index contributed by atoms with van der Waals surface area (Å²) in [6, 6.07) is 15.1. The topological polar surface area (TPSA) is 138 Å². The van der Waals surface area contributed by atoms with Crippen LogP contribution in [-0.2, 0) is 20.2 Å². The Hall–Kier alpha value is -2.91. The van der Waals surface area contributed by atoms with E-state index in [0.717, 1.165) is 26.6 Å². The summed E-state index contributed by atoms with van der Waals surface area (Å²) in [4.78, 5) is 3.79. The maximum atomic E-state index is 11.3. The zero-order chi connectivity index (χ0) is 30.8. The molecule has 14 heteroatoms. The summed E-state index contributed by atoms with van der Waals surface area (Å²) in [5, 5.41) is 2.49. The summed E-state index contributed by atoms with van der Waals surface area (Å²) in [6.07, 6.45) is 4.23. The first-order chi connectivity index (χ1) is 20.4. The molecule has 2 aliphatic heterocycles. The van der Waals surface area contributed by atoms with Gasteiger partial charge in [-0.25, -0.2) is 8.42 Å². The molecule has 3 aromatic rings. The number of fused-ring (bicyclic) bond motifs is 2. The normalized spacial score (nSPS) is 19.3. The number of benzene rings is 2. The summed E-state index contributed by atoms with van der Waals surface area (Å²) < 4.78 is 78.4. The van der Waals surface area contributed by atoms with E-state index in [2.05, 4.69) is 0 Å². The summed E-state index contributed by atoms with van der Waals surface area (Å²) in [6.45, 7) is 2.60. The van der Waals surface area contributed by atoms with Crippen molar-refractivity contribution in [2.24, 2.45) is 0 Å². The van der Waals surface area contributed by atoms with Crippen molar-refractivity contribution in [3.8, 4) is 21.9 Å². The third kappa shape index (κ3) is 7.98. The largest absolute Gasteiger partial charge is 0.748 e. The van der Waals surface area contributed by atoms with Gasteiger partial charge in [-0.3, -0.25) is 9.45 Å². The van der Waals surface area contributed by atoms with E-state index >= 15 is 0 Å². The van der Waals surface area contributed by atoms with E-state index in [1.165, 1.54) is 0 Å². The van der Waals surface area contributed by atoms with E-state index in [-0.39, 0.29) is 19.4 Å². The Balaban J connectivity index is 1.45. The second-order valence-electron chi connectivity index (χ2n) is 10.2. The first-order valence-corrected chi connectivity index (χ1v) is 18.1. The molecule has 1 aromatic heterocycles. The van der Waals surface area contributed by atoms with Crippen LogP contribution in [0, 0.1) is 0 Å². The summed E-state index contributed by atoms with van der Waals surface area (Å²) in [5.41, 5.74) is 3.44. The number of nitrogens with zero attached hydrogens (tertiary/aromatic N) is 1. The number of thiophene rings is 1. The fraction of sp³-hybridized carbons (Fsp3) is 0.310. The van der Waals surface area contributed by atoms with Gasteiger partial charge < -0.3 is 18.9 Å². The first kappa shape index (κ1) is 31.5. The number of nitrogens with one attached hydrogen (secondary N) is 1. The van der Waals surface area contributed by atoms with E-state index in [1.807, 2.05) is 59.7 Å². The van der Waals surface area contributed by atoms with Gasteiger partial charge in [0.1, 0.15) is 0 Å². The second kappa shape index (κ2) is 13.0. The van der Waals surface area contributed by atoms with Crippen LogP contribution in [-0.4, -0.2) is 56.8 Å². The molecule has 0 saturated heterocycles. The van der Waals surface area contributed by atoms with Crippen molar-refractivity contribution in [2.45, 2.75) is 32.4 Å². The number of ether oxygens (including phenoxy) is 2. The van der Waals surface area contributed by atoms with Gasteiger partial charge in [0.15, 0.2) is 17.2 Å². The zero-order valence-electron chi connectivity index (χ0n) is 23.2. The molecular formula is C29H31ClN2O8S3. The lowest BCUT2D eigenvalue weighted by atomic mass is 10.1. The Morgan fingerprint density at radius 1 is 1.12 bits per heavy atom. The number of quaternary nitrogens is 1. The fourth-order valence-electron chi connectivity index (χ4n) is 5.13. The van der Waals surface area contributed by atoms with Gasteiger partial charge in [0.05, 0.1) is 28.1 Å². The standard InChI is InChI=1S/C29H31ClN2O8S3/c1-2-20(17-29-32(12-5-15-43(36,37)38)24-19-22(30)8-10-26(24)40-29)16-28-31(11-4-14-42(33,34)35)23-18-21(7-9-25(23)39-28)27-6-3-13-41-27/h3,6-10,13,16-19,28H,2,4-5,11-12,14-15H2,1H3,(H,33,34,35)(H,36,37,38)/b20-16+,29-17-. The molecular weight excluding hydrogens is 636 g/mol. The van der Waals surface area contributed by atoms with Gasteiger partial charge in [-0.15, -0.1) is 11.3 Å². The summed E-state index contributed by atoms with van der Waals surface area (Å²) >= 11 is 7.85. The Bertz CT molecular complexity index is 1760. The molecule has 3 heterocycles. The molecule has 5 rings (SSSR count). The van der Waals surface area contributed by atoms with Crippen LogP contribution in [0.15, 0.2) is 77.5 Å². The molecule has 10 nitrogen and oxygen atoms in total.